The molecule has 2 atom stereocenters. The van der Waals surface area contributed by atoms with Crippen LogP contribution in [0.15, 0.2) is 11.6 Å². The van der Waals surface area contributed by atoms with E-state index in [0.717, 1.165) is 17.8 Å². The van der Waals surface area contributed by atoms with Gasteiger partial charge in [0.2, 0.25) is 0 Å². The fourth-order valence-corrected chi connectivity index (χ4v) is 2.43. The molecule has 0 bridgehead atoms. The first-order valence-corrected chi connectivity index (χ1v) is 6.27. The molecule has 1 aromatic heterocycles. The second-order valence-electron chi connectivity index (χ2n) is 4.21. The van der Waals surface area contributed by atoms with Crippen molar-refractivity contribution in [2.75, 3.05) is 6.61 Å². The standard InChI is InChI=1S/C11H20N2OS/c1-4-5-11(3,8-14)13-9(2)10-12-6-7-15-10/h6-7,9,13-14H,4-5,8H2,1-3H3. The van der Waals surface area contributed by atoms with Crippen molar-refractivity contribution in [3.05, 3.63) is 16.6 Å². The van der Waals surface area contributed by atoms with Gasteiger partial charge in [0.05, 0.1) is 12.6 Å². The Labute approximate surface area is 95.6 Å². The largest absolute Gasteiger partial charge is 0.394 e. The van der Waals surface area contributed by atoms with Crippen LogP contribution in [0.1, 0.15) is 44.7 Å². The Hall–Kier alpha value is -0.450. The Morgan fingerprint density at radius 2 is 2.40 bits per heavy atom. The lowest BCUT2D eigenvalue weighted by atomic mass is 9.96. The zero-order valence-electron chi connectivity index (χ0n) is 9.66. The predicted molar refractivity (Wildman–Crippen MR) is 64.1 cm³/mol. The molecule has 2 N–H and O–H groups in total. The molecule has 1 aromatic rings. The van der Waals surface area contributed by atoms with Gasteiger partial charge in [-0.1, -0.05) is 13.3 Å². The van der Waals surface area contributed by atoms with Gasteiger partial charge >= 0.3 is 0 Å². The average Bonchev–Trinajstić information content (AvgIpc) is 2.71. The number of hydrogen-bond donors (Lipinski definition) is 2. The average molecular weight is 228 g/mol. The van der Waals surface area contributed by atoms with Gasteiger partial charge in [-0.15, -0.1) is 11.3 Å². The van der Waals surface area contributed by atoms with Gasteiger partial charge in [-0.25, -0.2) is 4.98 Å². The fraction of sp³-hybridized carbons (Fsp3) is 0.727. The summed E-state index contributed by atoms with van der Waals surface area (Å²) in [6.45, 7) is 6.43. The maximum absolute atomic E-state index is 9.38. The Morgan fingerprint density at radius 1 is 1.67 bits per heavy atom. The third-order valence-corrected chi connectivity index (χ3v) is 3.50. The molecule has 3 nitrogen and oxygen atoms in total. The molecule has 0 aliphatic carbocycles. The summed E-state index contributed by atoms with van der Waals surface area (Å²) >= 11 is 1.65. The Bertz CT molecular complexity index is 276. The summed E-state index contributed by atoms with van der Waals surface area (Å²) in [6, 6.07) is 0.202. The van der Waals surface area contributed by atoms with Crippen LogP contribution in [0.5, 0.6) is 0 Å². The van der Waals surface area contributed by atoms with E-state index in [4.69, 9.17) is 0 Å². The van der Waals surface area contributed by atoms with Crippen LogP contribution in [-0.4, -0.2) is 22.2 Å². The number of aromatic nitrogens is 1. The highest BCUT2D eigenvalue weighted by molar-refractivity contribution is 7.09. The van der Waals surface area contributed by atoms with Crippen molar-refractivity contribution in [3.8, 4) is 0 Å². The van der Waals surface area contributed by atoms with E-state index >= 15 is 0 Å². The molecule has 86 valence electrons. The minimum Gasteiger partial charge on any atom is -0.394 e. The zero-order chi connectivity index (χ0) is 11.3. The third-order valence-electron chi connectivity index (χ3n) is 2.54. The molecule has 15 heavy (non-hydrogen) atoms. The molecule has 0 spiro atoms. The van der Waals surface area contributed by atoms with Crippen molar-refractivity contribution in [1.29, 1.82) is 0 Å². The van der Waals surface area contributed by atoms with E-state index < -0.39 is 0 Å². The van der Waals surface area contributed by atoms with E-state index in [1.165, 1.54) is 0 Å². The van der Waals surface area contributed by atoms with Crippen LogP contribution in [0.2, 0.25) is 0 Å². The summed E-state index contributed by atoms with van der Waals surface area (Å²) in [5.41, 5.74) is -0.195. The molecular formula is C11H20N2OS. The first-order chi connectivity index (χ1) is 7.11. The van der Waals surface area contributed by atoms with Gasteiger partial charge in [-0.3, -0.25) is 0 Å². The zero-order valence-corrected chi connectivity index (χ0v) is 10.5. The summed E-state index contributed by atoms with van der Waals surface area (Å²) in [4.78, 5) is 4.27. The summed E-state index contributed by atoms with van der Waals surface area (Å²) in [6.07, 6.45) is 3.85. The predicted octanol–water partition coefficient (Wildman–Crippen LogP) is 2.34. The molecule has 0 fully saturated rings. The van der Waals surface area contributed by atoms with Crippen molar-refractivity contribution >= 4 is 11.3 Å². The lowest BCUT2D eigenvalue weighted by Crippen LogP contribution is -2.46. The normalized spacial score (nSPS) is 17.3. The van der Waals surface area contributed by atoms with Gasteiger partial charge in [0, 0.05) is 17.1 Å². The van der Waals surface area contributed by atoms with Crippen molar-refractivity contribution in [1.82, 2.24) is 10.3 Å². The minimum absolute atomic E-state index is 0.163. The van der Waals surface area contributed by atoms with E-state index in [1.54, 1.807) is 11.3 Å². The molecule has 0 radical (unpaired) electrons. The number of rotatable bonds is 6. The molecule has 0 aliphatic rings. The summed E-state index contributed by atoms with van der Waals surface area (Å²) in [5, 5.41) is 15.9. The van der Waals surface area contributed by atoms with Gasteiger partial charge in [-0.2, -0.15) is 0 Å². The number of nitrogens with one attached hydrogen (secondary N) is 1. The Balaban J connectivity index is 2.59. The number of aliphatic hydroxyl groups is 1. The van der Waals surface area contributed by atoms with Crippen molar-refractivity contribution in [2.45, 2.75) is 45.2 Å². The minimum atomic E-state index is -0.195. The SMILES string of the molecule is CCCC(C)(CO)NC(C)c1nccs1. The van der Waals surface area contributed by atoms with Gasteiger partial charge in [0.1, 0.15) is 5.01 Å². The molecule has 1 rings (SSSR count). The lowest BCUT2D eigenvalue weighted by molar-refractivity contribution is 0.154. The van der Waals surface area contributed by atoms with Crippen molar-refractivity contribution in [3.63, 3.8) is 0 Å². The van der Waals surface area contributed by atoms with E-state index in [2.05, 4.69) is 31.1 Å². The highest BCUT2D eigenvalue weighted by Crippen LogP contribution is 2.21. The Kier molecular flexibility index (Phi) is 4.70. The van der Waals surface area contributed by atoms with Gasteiger partial charge < -0.3 is 10.4 Å². The quantitative estimate of drug-likeness (QED) is 0.785. The van der Waals surface area contributed by atoms with Gasteiger partial charge in [-0.05, 0) is 20.3 Å². The van der Waals surface area contributed by atoms with Crippen LogP contribution < -0.4 is 5.32 Å². The fourth-order valence-electron chi connectivity index (χ4n) is 1.78. The van der Waals surface area contributed by atoms with E-state index in [1.807, 2.05) is 11.6 Å². The third kappa shape index (κ3) is 3.55. The summed E-state index contributed by atoms with van der Waals surface area (Å²) in [5.74, 6) is 0. The second-order valence-corrected chi connectivity index (χ2v) is 5.13. The number of nitrogens with zero attached hydrogens (tertiary/aromatic N) is 1. The summed E-state index contributed by atoms with van der Waals surface area (Å²) < 4.78 is 0. The first kappa shape index (κ1) is 12.6. The van der Waals surface area contributed by atoms with Crippen molar-refractivity contribution in [2.24, 2.45) is 0 Å². The smallest absolute Gasteiger partial charge is 0.109 e. The van der Waals surface area contributed by atoms with Crippen LogP contribution in [0.25, 0.3) is 0 Å². The topological polar surface area (TPSA) is 45.1 Å². The molecule has 0 aromatic carbocycles. The van der Waals surface area contributed by atoms with Gasteiger partial charge in [0.15, 0.2) is 0 Å². The molecule has 0 saturated heterocycles. The van der Waals surface area contributed by atoms with Crippen LogP contribution in [0, 0.1) is 0 Å². The van der Waals surface area contributed by atoms with Crippen LogP contribution in [0.4, 0.5) is 0 Å². The monoisotopic (exact) mass is 228 g/mol. The van der Waals surface area contributed by atoms with E-state index in [9.17, 15) is 5.11 Å². The number of aliphatic hydroxyl groups excluding tert-OH is 1. The molecule has 1 heterocycles. The van der Waals surface area contributed by atoms with Crippen molar-refractivity contribution < 1.29 is 5.11 Å². The van der Waals surface area contributed by atoms with E-state index in [-0.39, 0.29) is 18.2 Å². The molecule has 0 aliphatic heterocycles. The number of thiazole rings is 1. The second kappa shape index (κ2) is 5.58. The molecular weight excluding hydrogens is 208 g/mol. The van der Waals surface area contributed by atoms with Gasteiger partial charge in [0.25, 0.3) is 0 Å². The molecule has 0 saturated carbocycles. The van der Waals surface area contributed by atoms with Crippen LogP contribution >= 0.6 is 11.3 Å². The Morgan fingerprint density at radius 3 is 2.87 bits per heavy atom. The number of hydrogen-bond acceptors (Lipinski definition) is 4. The molecule has 4 heteroatoms. The molecule has 2 unspecified atom stereocenters. The highest BCUT2D eigenvalue weighted by Gasteiger charge is 2.25. The first-order valence-electron chi connectivity index (χ1n) is 5.39. The van der Waals surface area contributed by atoms with E-state index in [0.29, 0.717) is 0 Å². The molecule has 0 amide bonds. The van der Waals surface area contributed by atoms with Crippen LogP contribution in [-0.2, 0) is 0 Å². The highest BCUT2D eigenvalue weighted by atomic mass is 32.1. The summed E-state index contributed by atoms with van der Waals surface area (Å²) in [7, 11) is 0. The lowest BCUT2D eigenvalue weighted by Gasteiger charge is -2.31. The van der Waals surface area contributed by atoms with Crippen LogP contribution in [0.3, 0.4) is 0 Å². The maximum Gasteiger partial charge on any atom is 0.109 e. The maximum atomic E-state index is 9.38.